The predicted octanol–water partition coefficient (Wildman–Crippen LogP) is 2.41. The minimum Gasteiger partial charge on any atom is -0.396 e. The first-order valence-corrected chi connectivity index (χ1v) is 8.28. The second-order valence-corrected chi connectivity index (χ2v) is 7.11. The van der Waals surface area contributed by atoms with Gasteiger partial charge in [0.2, 0.25) is 0 Å². The van der Waals surface area contributed by atoms with Crippen LogP contribution < -0.4 is 15.5 Å². The summed E-state index contributed by atoms with van der Waals surface area (Å²) in [6.07, 6.45) is 2.93. The zero-order valence-electron chi connectivity index (χ0n) is 14.6. The lowest BCUT2D eigenvalue weighted by atomic mass is 9.86. The first-order chi connectivity index (χ1) is 10.9. The zero-order chi connectivity index (χ0) is 17.0. The average molecular weight is 319 g/mol. The van der Waals surface area contributed by atoms with Crippen molar-refractivity contribution in [2.75, 3.05) is 25.6 Å². The van der Waals surface area contributed by atoms with Gasteiger partial charge in [-0.3, -0.25) is 0 Å². The molecule has 0 aromatic heterocycles. The van der Waals surface area contributed by atoms with Gasteiger partial charge in [-0.25, -0.2) is 4.79 Å². The van der Waals surface area contributed by atoms with Gasteiger partial charge in [0.15, 0.2) is 0 Å². The molecule has 0 aliphatic heterocycles. The van der Waals surface area contributed by atoms with Crippen LogP contribution in [0, 0.1) is 12.3 Å². The molecule has 3 N–H and O–H groups in total. The van der Waals surface area contributed by atoms with Gasteiger partial charge in [-0.2, -0.15) is 0 Å². The third kappa shape index (κ3) is 4.16. The minimum absolute atomic E-state index is 0.0406. The number of aryl methyl sites for hydroxylation is 1. The number of nitrogens with one attached hydrogen (secondary N) is 2. The highest BCUT2D eigenvalue weighted by molar-refractivity contribution is 5.74. The van der Waals surface area contributed by atoms with Gasteiger partial charge in [-0.05, 0) is 37.0 Å². The summed E-state index contributed by atoms with van der Waals surface area (Å²) >= 11 is 0. The fraction of sp³-hybridized carbons (Fsp3) is 0.611. The lowest BCUT2D eigenvalue weighted by molar-refractivity contribution is 0.121. The third-order valence-corrected chi connectivity index (χ3v) is 4.91. The van der Waals surface area contributed by atoms with Crippen LogP contribution in [0.15, 0.2) is 18.2 Å². The van der Waals surface area contributed by atoms with Crippen molar-refractivity contribution < 1.29 is 9.90 Å². The van der Waals surface area contributed by atoms with Crippen LogP contribution in [-0.2, 0) is 6.54 Å². The molecule has 0 spiro atoms. The Bertz CT molecular complexity index is 559. The highest BCUT2D eigenvalue weighted by atomic mass is 16.3. The van der Waals surface area contributed by atoms with E-state index in [9.17, 15) is 9.90 Å². The van der Waals surface area contributed by atoms with E-state index in [-0.39, 0.29) is 24.1 Å². The summed E-state index contributed by atoms with van der Waals surface area (Å²) < 4.78 is 0. The number of urea groups is 1. The molecule has 1 aliphatic rings. The molecule has 1 aromatic carbocycles. The summed E-state index contributed by atoms with van der Waals surface area (Å²) in [4.78, 5) is 14.3. The zero-order valence-corrected chi connectivity index (χ0v) is 14.6. The summed E-state index contributed by atoms with van der Waals surface area (Å²) in [7, 11) is 4.01. The first-order valence-electron chi connectivity index (χ1n) is 8.28. The van der Waals surface area contributed by atoms with Gasteiger partial charge in [-0.1, -0.05) is 25.5 Å². The van der Waals surface area contributed by atoms with Gasteiger partial charge in [0, 0.05) is 37.8 Å². The Labute approximate surface area is 139 Å². The van der Waals surface area contributed by atoms with E-state index < -0.39 is 0 Å². The second-order valence-electron chi connectivity index (χ2n) is 7.11. The van der Waals surface area contributed by atoms with E-state index in [1.807, 2.05) is 21.0 Å². The molecule has 0 bridgehead atoms. The molecule has 1 fully saturated rings. The predicted molar refractivity (Wildman–Crippen MR) is 93.7 cm³/mol. The van der Waals surface area contributed by atoms with Gasteiger partial charge in [0.1, 0.15) is 0 Å². The van der Waals surface area contributed by atoms with Crippen LogP contribution in [-0.4, -0.2) is 37.9 Å². The Kier molecular flexibility index (Phi) is 5.52. The number of benzene rings is 1. The summed E-state index contributed by atoms with van der Waals surface area (Å²) in [6.45, 7) is 4.70. The smallest absolute Gasteiger partial charge is 0.315 e. The van der Waals surface area contributed by atoms with Crippen LogP contribution in [0.5, 0.6) is 0 Å². The molecule has 5 nitrogen and oxygen atoms in total. The fourth-order valence-electron chi connectivity index (χ4n) is 3.29. The van der Waals surface area contributed by atoms with E-state index in [4.69, 9.17) is 0 Å². The maximum Gasteiger partial charge on any atom is 0.315 e. The maximum atomic E-state index is 12.2. The number of amides is 2. The van der Waals surface area contributed by atoms with Crippen molar-refractivity contribution in [1.82, 2.24) is 10.6 Å². The summed E-state index contributed by atoms with van der Waals surface area (Å²) in [5.41, 5.74) is 3.21. The number of aliphatic hydroxyl groups is 1. The standard InChI is InChI=1S/C18H29N3O2/c1-13-7-8-14(15(10-13)21(3)4)11-19-17(23)20-16-6-5-9-18(16,2)12-22/h7-8,10,16,22H,5-6,9,11-12H2,1-4H3,(H2,19,20,23). The third-order valence-electron chi connectivity index (χ3n) is 4.91. The Morgan fingerprint density at radius 2 is 2.17 bits per heavy atom. The number of aliphatic hydroxyl groups excluding tert-OH is 1. The molecular weight excluding hydrogens is 290 g/mol. The molecule has 0 radical (unpaired) electrons. The maximum absolute atomic E-state index is 12.2. The topological polar surface area (TPSA) is 64.6 Å². The van der Waals surface area contributed by atoms with E-state index >= 15 is 0 Å². The van der Waals surface area contributed by atoms with Gasteiger partial charge in [0.25, 0.3) is 0 Å². The van der Waals surface area contributed by atoms with Crippen molar-refractivity contribution in [3.05, 3.63) is 29.3 Å². The molecule has 2 unspecified atom stereocenters. The minimum atomic E-state index is -0.198. The number of nitrogens with zero attached hydrogens (tertiary/aromatic N) is 1. The normalized spacial score (nSPS) is 23.6. The Balaban J connectivity index is 1.95. The van der Waals surface area contributed by atoms with Gasteiger partial charge < -0.3 is 20.6 Å². The monoisotopic (exact) mass is 319 g/mol. The van der Waals surface area contributed by atoms with Crippen molar-refractivity contribution in [1.29, 1.82) is 0 Å². The number of carbonyl (C=O) groups is 1. The number of carbonyl (C=O) groups excluding carboxylic acids is 1. The van der Waals surface area contributed by atoms with E-state index in [1.54, 1.807) is 0 Å². The van der Waals surface area contributed by atoms with Crippen molar-refractivity contribution in [2.24, 2.45) is 5.41 Å². The first kappa shape index (κ1) is 17.6. The van der Waals surface area contributed by atoms with Crippen molar-refractivity contribution in [3.8, 4) is 0 Å². The largest absolute Gasteiger partial charge is 0.396 e. The van der Waals surface area contributed by atoms with Crippen LogP contribution in [0.2, 0.25) is 0 Å². The molecule has 2 amide bonds. The molecule has 0 saturated heterocycles. The van der Waals surface area contributed by atoms with Crippen molar-refractivity contribution in [3.63, 3.8) is 0 Å². The van der Waals surface area contributed by atoms with Crippen LogP contribution in [0.4, 0.5) is 10.5 Å². The molecule has 2 atom stereocenters. The lowest BCUT2D eigenvalue weighted by Gasteiger charge is -2.30. The molecule has 23 heavy (non-hydrogen) atoms. The van der Waals surface area contributed by atoms with Crippen LogP contribution >= 0.6 is 0 Å². The highest BCUT2D eigenvalue weighted by Crippen LogP contribution is 2.37. The van der Waals surface area contributed by atoms with E-state index in [1.165, 1.54) is 5.56 Å². The number of hydrogen-bond acceptors (Lipinski definition) is 3. The Morgan fingerprint density at radius 3 is 2.83 bits per heavy atom. The molecule has 2 rings (SSSR count). The van der Waals surface area contributed by atoms with E-state index in [2.05, 4.69) is 40.7 Å². The SMILES string of the molecule is Cc1ccc(CNC(=O)NC2CCCC2(C)CO)c(N(C)C)c1. The molecule has 1 saturated carbocycles. The number of hydrogen-bond donors (Lipinski definition) is 3. The molecule has 1 aliphatic carbocycles. The van der Waals surface area contributed by atoms with E-state index in [0.717, 1.165) is 30.5 Å². The summed E-state index contributed by atoms with van der Waals surface area (Å²) in [6, 6.07) is 6.11. The Morgan fingerprint density at radius 1 is 1.43 bits per heavy atom. The highest BCUT2D eigenvalue weighted by Gasteiger charge is 2.39. The van der Waals surface area contributed by atoms with Crippen molar-refractivity contribution >= 4 is 11.7 Å². The van der Waals surface area contributed by atoms with Gasteiger partial charge in [-0.15, -0.1) is 0 Å². The molecular formula is C18H29N3O2. The average Bonchev–Trinajstić information content (AvgIpc) is 2.87. The molecule has 0 heterocycles. The molecule has 128 valence electrons. The summed E-state index contributed by atoms with van der Waals surface area (Å²) in [5.74, 6) is 0. The van der Waals surface area contributed by atoms with Crippen molar-refractivity contribution in [2.45, 2.75) is 45.7 Å². The van der Waals surface area contributed by atoms with Crippen LogP contribution in [0.1, 0.15) is 37.3 Å². The van der Waals surface area contributed by atoms with Crippen LogP contribution in [0.25, 0.3) is 0 Å². The van der Waals surface area contributed by atoms with Gasteiger partial charge in [0.05, 0.1) is 6.61 Å². The summed E-state index contributed by atoms with van der Waals surface area (Å²) in [5, 5.41) is 15.5. The molecule has 5 heteroatoms. The fourth-order valence-corrected chi connectivity index (χ4v) is 3.29. The number of rotatable bonds is 5. The van der Waals surface area contributed by atoms with E-state index in [0.29, 0.717) is 6.54 Å². The second kappa shape index (κ2) is 7.21. The van der Waals surface area contributed by atoms with Gasteiger partial charge >= 0.3 is 6.03 Å². The Hall–Kier alpha value is -1.75. The number of anilines is 1. The van der Waals surface area contributed by atoms with Crippen LogP contribution in [0.3, 0.4) is 0 Å². The molecule has 1 aromatic rings. The lowest BCUT2D eigenvalue weighted by Crippen LogP contribution is -2.48. The quantitative estimate of drug-likeness (QED) is 0.781.